The number of carbonyl (C=O) groups is 1. The maximum absolute atomic E-state index is 12.2. The molecular formula is C27H25N9O. The van der Waals surface area contributed by atoms with Crippen LogP contribution in [0.15, 0.2) is 61.4 Å². The second kappa shape index (κ2) is 9.30. The first-order valence-corrected chi connectivity index (χ1v) is 12.2. The highest BCUT2D eigenvalue weighted by Crippen LogP contribution is 2.31. The van der Waals surface area contributed by atoms with Crippen molar-refractivity contribution in [2.45, 2.75) is 33.1 Å². The van der Waals surface area contributed by atoms with Crippen molar-refractivity contribution >= 4 is 33.5 Å². The van der Waals surface area contributed by atoms with Gasteiger partial charge in [0, 0.05) is 29.8 Å². The zero-order chi connectivity index (χ0) is 25.4. The maximum atomic E-state index is 12.2. The second-order valence-electron chi connectivity index (χ2n) is 8.98. The Labute approximate surface area is 212 Å². The van der Waals surface area contributed by atoms with Crippen molar-refractivity contribution in [3.8, 4) is 28.5 Å². The van der Waals surface area contributed by atoms with Gasteiger partial charge in [0.05, 0.1) is 52.5 Å². The number of rotatable bonds is 7. The number of para-hydroxylation sites is 1. The Kier molecular flexibility index (Phi) is 5.68. The van der Waals surface area contributed by atoms with E-state index in [1.807, 2.05) is 48.0 Å². The Balaban J connectivity index is 1.37. The fourth-order valence-corrected chi connectivity index (χ4v) is 4.35. The van der Waals surface area contributed by atoms with Crippen molar-refractivity contribution in [3.05, 3.63) is 67.1 Å². The molecule has 0 unspecified atom stereocenters. The number of imidazole rings is 2. The van der Waals surface area contributed by atoms with E-state index in [2.05, 4.69) is 42.4 Å². The van der Waals surface area contributed by atoms with Crippen LogP contribution in [0.2, 0.25) is 0 Å². The number of fused-ring (bicyclic) bond motifs is 2. The van der Waals surface area contributed by atoms with Gasteiger partial charge in [0.1, 0.15) is 11.2 Å². The van der Waals surface area contributed by atoms with E-state index in [1.54, 1.807) is 24.9 Å². The van der Waals surface area contributed by atoms with Gasteiger partial charge in [-0.2, -0.15) is 5.10 Å². The topological polar surface area (TPSA) is 130 Å². The van der Waals surface area contributed by atoms with E-state index in [4.69, 9.17) is 4.98 Å². The van der Waals surface area contributed by atoms with Gasteiger partial charge < -0.3 is 14.9 Å². The van der Waals surface area contributed by atoms with Crippen molar-refractivity contribution in [2.75, 3.05) is 5.32 Å². The number of aromatic amines is 2. The summed E-state index contributed by atoms with van der Waals surface area (Å²) in [5, 5.41) is 11.4. The van der Waals surface area contributed by atoms with E-state index in [0.29, 0.717) is 23.6 Å². The molecule has 0 spiro atoms. The van der Waals surface area contributed by atoms with Crippen LogP contribution in [-0.2, 0) is 4.79 Å². The van der Waals surface area contributed by atoms with E-state index < -0.39 is 0 Å². The minimum absolute atomic E-state index is 0.0172. The van der Waals surface area contributed by atoms with Crippen LogP contribution in [0.5, 0.6) is 0 Å². The Hall–Kier alpha value is -4.86. The lowest BCUT2D eigenvalue weighted by Crippen LogP contribution is -2.11. The van der Waals surface area contributed by atoms with E-state index in [1.165, 1.54) is 0 Å². The molecule has 0 atom stereocenters. The van der Waals surface area contributed by atoms with E-state index in [9.17, 15) is 4.79 Å². The first kappa shape index (κ1) is 22.6. The molecule has 1 amide bonds. The summed E-state index contributed by atoms with van der Waals surface area (Å²) in [5.74, 6) is 0.634. The predicted octanol–water partition coefficient (Wildman–Crippen LogP) is 5.19. The van der Waals surface area contributed by atoms with Crippen LogP contribution < -0.4 is 5.32 Å². The summed E-state index contributed by atoms with van der Waals surface area (Å²) in [6, 6.07) is 9.83. The Morgan fingerprint density at radius 1 is 1.11 bits per heavy atom. The van der Waals surface area contributed by atoms with Crippen LogP contribution in [0.4, 0.5) is 5.69 Å². The molecule has 6 aromatic rings. The van der Waals surface area contributed by atoms with Crippen molar-refractivity contribution in [2.24, 2.45) is 0 Å². The van der Waals surface area contributed by atoms with Gasteiger partial charge in [0.15, 0.2) is 5.82 Å². The number of unbranched alkanes of at least 4 members (excludes halogenated alkanes) is 1. The molecule has 10 heteroatoms. The average Bonchev–Trinajstić information content (AvgIpc) is 3.64. The summed E-state index contributed by atoms with van der Waals surface area (Å²) in [6.45, 7) is 4.02. The summed E-state index contributed by atoms with van der Waals surface area (Å²) in [4.78, 5) is 33.7. The molecule has 0 bridgehead atoms. The van der Waals surface area contributed by atoms with Crippen molar-refractivity contribution in [3.63, 3.8) is 0 Å². The van der Waals surface area contributed by atoms with Crippen LogP contribution in [-0.4, -0.2) is 45.6 Å². The molecule has 0 aliphatic rings. The number of amides is 1. The van der Waals surface area contributed by atoms with Gasteiger partial charge in [-0.15, -0.1) is 0 Å². The second-order valence-corrected chi connectivity index (χ2v) is 8.98. The highest BCUT2D eigenvalue weighted by Gasteiger charge is 2.16. The third-order valence-electron chi connectivity index (χ3n) is 6.23. The number of hydrogen-bond donors (Lipinski definition) is 3. The van der Waals surface area contributed by atoms with Crippen molar-refractivity contribution in [1.29, 1.82) is 0 Å². The molecule has 0 saturated heterocycles. The number of anilines is 1. The van der Waals surface area contributed by atoms with Gasteiger partial charge in [-0.25, -0.2) is 9.97 Å². The van der Waals surface area contributed by atoms with Gasteiger partial charge in [0.25, 0.3) is 0 Å². The van der Waals surface area contributed by atoms with Gasteiger partial charge in [-0.05, 0) is 37.6 Å². The number of benzene rings is 1. The highest BCUT2D eigenvalue weighted by atomic mass is 16.1. The lowest BCUT2D eigenvalue weighted by atomic mass is 10.1. The Morgan fingerprint density at radius 2 is 2.03 bits per heavy atom. The maximum Gasteiger partial charge on any atom is 0.224 e. The van der Waals surface area contributed by atoms with Crippen LogP contribution in [0.25, 0.3) is 50.4 Å². The Morgan fingerprint density at radius 3 is 2.86 bits per heavy atom. The number of aromatic nitrogens is 8. The molecule has 37 heavy (non-hydrogen) atoms. The first-order chi connectivity index (χ1) is 18.1. The number of nitrogens with one attached hydrogen (secondary N) is 3. The molecule has 0 aliphatic carbocycles. The molecule has 184 valence electrons. The number of carbonyl (C=O) groups excluding carboxylic acids is 1. The summed E-state index contributed by atoms with van der Waals surface area (Å²) >= 11 is 0. The van der Waals surface area contributed by atoms with Crippen LogP contribution in [0.3, 0.4) is 0 Å². The smallest absolute Gasteiger partial charge is 0.224 e. The zero-order valence-electron chi connectivity index (χ0n) is 20.5. The lowest BCUT2D eigenvalue weighted by molar-refractivity contribution is -0.116. The summed E-state index contributed by atoms with van der Waals surface area (Å²) in [6.07, 6.45) is 11.2. The number of nitrogens with zero attached hydrogens (tertiary/aromatic N) is 6. The van der Waals surface area contributed by atoms with Crippen molar-refractivity contribution < 1.29 is 4.79 Å². The van der Waals surface area contributed by atoms with Gasteiger partial charge in [-0.3, -0.25) is 19.9 Å². The van der Waals surface area contributed by atoms with Gasteiger partial charge >= 0.3 is 0 Å². The number of aryl methyl sites for hydroxylation is 1. The standard InChI is InChI=1S/C27H25N9O/c1-3-4-8-24(37)31-18-9-17(11-28-12-18)21-10-19-22(13-29-21)34-35-25(19)27-32-20-6-5-7-23(26(20)33-27)36-14-16(2)30-15-36/h5-7,9-15H,3-4,8H2,1-2H3,(H,31,37)(H,32,33)(H,34,35). The highest BCUT2D eigenvalue weighted by molar-refractivity contribution is 5.96. The van der Waals surface area contributed by atoms with Crippen LogP contribution in [0, 0.1) is 6.92 Å². The number of hydrogen-bond acceptors (Lipinski definition) is 6. The predicted molar refractivity (Wildman–Crippen MR) is 142 cm³/mol. The van der Waals surface area contributed by atoms with E-state index in [0.717, 1.165) is 57.4 Å². The molecule has 0 radical (unpaired) electrons. The number of H-pyrrole nitrogens is 2. The Bertz CT molecular complexity index is 1740. The van der Waals surface area contributed by atoms with Crippen molar-refractivity contribution in [1.82, 2.24) is 39.7 Å². The molecule has 5 heterocycles. The fraction of sp³-hybridized carbons (Fsp3) is 0.185. The molecule has 0 saturated carbocycles. The summed E-state index contributed by atoms with van der Waals surface area (Å²) in [7, 11) is 0. The molecule has 0 aliphatic heterocycles. The van der Waals surface area contributed by atoms with E-state index >= 15 is 0 Å². The molecule has 3 N–H and O–H groups in total. The fourth-order valence-electron chi connectivity index (χ4n) is 4.35. The molecule has 6 rings (SSSR count). The van der Waals surface area contributed by atoms with Gasteiger partial charge in [0.2, 0.25) is 5.91 Å². The molecular weight excluding hydrogens is 466 g/mol. The molecule has 10 nitrogen and oxygen atoms in total. The zero-order valence-corrected chi connectivity index (χ0v) is 20.5. The summed E-state index contributed by atoms with van der Waals surface area (Å²) < 4.78 is 1.97. The lowest BCUT2D eigenvalue weighted by Gasteiger charge is -2.07. The largest absolute Gasteiger partial charge is 0.336 e. The SMILES string of the molecule is CCCCC(=O)Nc1cncc(-c2cc3c(-c4nc5c(-n6cnc(C)c6)cccc5[nH]4)n[nH]c3cn2)c1. The minimum atomic E-state index is -0.0172. The quantitative estimate of drug-likeness (QED) is 0.282. The molecule has 5 aromatic heterocycles. The van der Waals surface area contributed by atoms with Gasteiger partial charge in [-0.1, -0.05) is 19.4 Å². The van der Waals surface area contributed by atoms with Crippen LogP contribution >= 0.6 is 0 Å². The van der Waals surface area contributed by atoms with Crippen LogP contribution in [0.1, 0.15) is 31.9 Å². The molecule has 1 aromatic carbocycles. The normalized spacial score (nSPS) is 11.4. The van der Waals surface area contributed by atoms with E-state index in [-0.39, 0.29) is 5.91 Å². The minimum Gasteiger partial charge on any atom is -0.336 e. The third kappa shape index (κ3) is 4.33. The molecule has 0 fully saturated rings. The first-order valence-electron chi connectivity index (χ1n) is 12.2. The average molecular weight is 492 g/mol. The monoisotopic (exact) mass is 491 g/mol. The summed E-state index contributed by atoms with van der Waals surface area (Å²) in [5.41, 5.74) is 7.25. The number of pyridine rings is 2. The third-order valence-corrected chi connectivity index (χ3v) is 6.23.